The molecule has 0 spiro atoms. The predicted octanol–water partition coefficient (Wildman–Crippen LogP) is 2.83. The Hall–Kier alpha value is -2.14. The Morgan fingerprint density at radius 2 is 2.14 bits per heavy atom. The van der Waals surface area contributed by atoms with Crippen molar-refractivity contribution >= 4 is 23.3 Å². The molecule has 3 rings (SSSR count). The van der Waals surface area contributed by atoms with Crippen molar-refractivity contribution in [1.82, 2.24) is 9.88 Å². The number of carbonyl (C=O) groups excluding carboxylic acids is 1. The summed E-state index contributed by atoms with van der Waals surface area (Å²) in [5.74, 6) is 0.161. The maximum absolute atomic E-state index is 13.4. The van der Waals surface area contributed by atoms with Crippen LogP contribution in [0.2, 0.25) is 5.02 Å². The number of amides is 1. The Bertz CT molecular complexity index is 669. The van der Waals surface area contributed by atoms with Crippen LogP contribution in [0.3, 0.4) is 0 Å². The highest BCUT2D eigenvalue weighted by Gasteiger charge is 2.33. The SMILES string of the molecule is CN(C(=O)c1cc(F)cc(Cl)c1)C1CN(c2ccccn2)C1. The minimum Gasteiger partial charge on any atom is -0.352 e. The van der Waals surface area contributed by atoms with Crippen LogP contribution in [0.4, 0.5) is 10.2 Å². The van der Waals surface area contributed by atoms with E-state index in [1.807, 2.05) is 18.2 Å². The summed E-state index contributed by atoms with van der Waals surface area (Å²) in [5.41, 5.74) is 0.267. The first-order valence-corrected chi connectivity index (χ1v) is 7.31. The fourth-order valence-corrected chi connectivity index (χ4v) is 2.70. The van der Waals surface area contributed by atoms with E-state index < -0.39 is 5.82 Å². The minimum absolute atomic E-state index is 0.0801. The summed E-state index contributed by atoms with van der Waals surface area (Å²) in [6.07, 6.45) is 1.74. The second-order valence-electron chi connectivity index (χ2n) is 5.32. The Morgan fingerprint density at radius 3 is 2.77 bits per heavy atom. The molecule has 1 aromatic carbocycles. The maximum Gasteiger partial charge on any atom is 0.254 e. The van der Waals surface area contributed by atoms with Crippen molar-refractivity contribution in [2.24, 2.45) is 0 Å². The molecule has 0 atom stereocenters. The third-order valence-electron chi connectivity index (χ3n) is 3.81. The van der Waals surface area contributed by atoms with E-state index in [1.165, 1.54) is 18.2 Å². The van der Waals surface area contributed by atoms with Crippen LogP contribution in [0.25, 0.3) is 0 Å². The molecule has 114 valence electrons. The van der Waals surface area contributed by atoms with Crippen molar-refractivity contribution in [2.45, 2.75) is 6.04 Å². The zero-order chi connectivity index (χ0) is 15.7. The van der Waals surface area contributed by atoms with E-state index in [0.29, 0.717) is 13.1 Å². The zero-order valence-electron chi connectivity index (χ0n) is 12.0. The first kappa shape index (κ1) is 14.8. The lowest BCUT2D eigenvalue weighted by atomic mass is 10.1. The van der Waals surface area contributed by atoms with Gasteiger partial charge in [-0.25, -0.2) is 9.37 Å². The standard InChI is InChI=1S/C16H15ClFN3O/c1-20(16(22)11-6-12(17)8-13(18)7-11)14-9-21(10-14)15-4-2-3-5-19-15/h2-8,14H,9-10H2,1H3. The van der Waals surface area contributed by atoms with Crippen LogP contribution in [0, 0.1) is 5.82 Å². The molecule has 0 bridgehead atoms. The number of hydrogen-bond donors (Lipinski definition) is 0. The van der Waals surface area contributed by atoms with Gasteiger partial charge in [-0.05, 0) is 30.3 Å². The topological polar surface area (TPSA) is 36.4 Å². The summed E-state index contributed by atoms with van der Waals surface area (Å²) < 4.78 is 13.4. The molecule has 6 heteroatoms. The van der Waals surface area contributed by atoms with E-state index >= 15 is 0 Å². The second-order valence-corrected chi connectivity index (χ2v) is 5.76. The number of aromatic nitrogens is 1. The lowest BCUT2D eigenvalue weighted by molar-refractivity contribution is 0.0704. The molecule has 22 heavy (non-hydrogen) atoms. The lowest BCUT2D eigenvalue weighted by Crippen LogP contribution is -2.60. The number of benzene rings is 1. The van der Waals surface area contributed by atoms with Crippen LogP contribution < -0.4 is 4.90 Å². The highest BCUT2D eigenvalue weighted by molar-refractivity contribution is 6.31. The smallest absolute Gasteiger partial charge is 0.254 e. The number of rotatable bonds is 3. The van der Waals surface area contributed by atoms with Crippen molar-refractivity contribution in [1.29, 1.82) is 0 Å². The quantitative estimate of drug-likeness (QED) is 0.873. The van der Waals surface area contributed by atoms with E-state index in [2.05, 4.69) is 9.88 Å². The largest absolute Gasteiger partial charge is 0.352 e. The molecule has 2 aromatic rings. The number of halogens is 2. The monoisotopic (exact) mass is 319 g/mol. The van der Waals surface area contributed by atoms with Crippen LogP contribution in [0.15, 0.2) is 42.6 Å². The van der Waals surface area contributed by atoms with Crippen LogP contribution >= 0.6 is 11.6 Å². The molecule has 0 aliphatic carbocycles. The predicted molar refractivity (Wildman–Crippen MR) is 83.7 cm³/mol. The van der Waals surface area contributed by atoms with Crippen LogP contribution in [0.5, 0.6) is 0 Å². The van der Waals surface area contributed by atoms with Gasteiger partial charge in [0.05, 0.1) is 6.04 Å². The minimum atomic E-state index is -0.507. The van der Waals surface area contributed by atoms with Gasteiger partial charge >= 0.3 is 0 Å². The number of likely N-dealkylation sites (N-methyl/N-ethyl adjacent to an activating group) is 1. The van der Waals surface area contributed by atoms with Gasteiger partial charge < -0.3 is 9.80 Å². The third kappa shape index (κ3) is 2.90. The normalized spacial score (nSPS) is 14.6. The number of anilines is 1. The molecule has 0 N–H and O–H groups in total. The Morgan fingerprint density at radius 1 is 1.36 bits per heavy atom. The molecule has 1 saturated heterocycles. The molecule has 0 radical (unpaired) electrons. The number of pyridine rings is 1. The summed E-state index contributed by atoms with van der Waals surface area (Å²) in [5, 5.41) is 0.223. The highest BCUT2D eigenvalue weighted by atomic mass is 35.5. The van der Waals surface area contributed by atoms with Crippen molar-refractivity contribution in [3.63, 3.8) is 0 Å². The average Bonchev–Trinajstić information content (AvgIpc) is 2.45. The molecular formula is C16H15ClFN3O. The highest BCUT2D eigenvalue weighted by Crippen LogP contribution is 2.23. The van der Waals surface area contributed by atoms with Gasteiger partial charge in [0.1, 0.15) is 11.6 Å². The molecule has 4 nitrogen and oxygen atoms in total. The lowest BCUT2D eigenvalue weighted by Gasteiger charge is -2.44. The fraction of sp³-hybridized carbons (Fsp3) is 0.250. The number of hydrogen-bond acceptors (Lipinski definition) is 3. The first-order chi connectivity index (χ1) is 10.5. The summed E-state index contributed by atoms with van der Waals surface area (Å²) >= 11 is 5.80. The molecule has 1 aliphatic heterocycles. The second kappa shape index (κ2) is 5.93. The summed E-state index contributed by atoms with van der Waals surface area (Å²) in [6.45, 7) is 1.42. The van der Waals surface area contributed by atoms with E-state index in [0.717, 1.165) is 5.82 Å². The van der Waals surface area contributed by atoms with Crippen molar-refractivity contribution in [3.8, 4) is 0 Å². The summed E-state index contributed by atoms with van der Waals surface area (Å²) in [7, 11) is 1.72. The van der Waals surface area contributed by atoms with Gasteiger partial charge in [0.15, 0.2) is 0 Å². The molecule has 0 saturated carbocycles. The molecular weight excluding hydrogens is 305 g/mol. The van der Waals surface area contributed by atoms with E-state index in [9.17, 15) is 9.18 Å². The van der Waals surface area contributed by atoms with Gasteiger partial charge in [0.25, 0.3) is 5.91 Å². The Labute approximate surface area is 133 Å². The van der Waals surface area contributed by atoms with Crippen LogP contribution in [-0.2, 0) is 0 Å². The molecule has 1 aliphatic rings. The van der Waals surface area contributed by atoms with Gasteiger partial charge in [-0.3, -0.25) is 4.79 Å². The average molecular weight is 320 g/mol. The van der Waals surface area contributed by atoms with Gasteiger partial charge in [-0.1, -0.05) is 17.7 Å². The van der Waals surface area contributed by atoms with Gasteiger partial charge in [0.2, 0.25) is 0 Å². The third-order valence-corrected chi connectivity index (χ3v) is 4.03. The Balaban J connectivity index is 1.65. The van der Waals surface area contributed by atoms with Gasteiger partial charge in [-0.2, -0.15) is 0 Å². The number of carbonyl (C=O) groups is 1. The van der Waals surface area contributed by atoms with Crippen LogP contribution in [-0.4, -0.2) is 42.0 Å². The van der Waals surface area contributed by atoms with E-state index in [1.54, 1.807) is 18.1 Å². The maximum atomic E-state index is 13.4. The van der Waals surface area contributed by atoms with Crippen molar-refractivity contribution in [3.05, 3.63) is 59.0 Å². The fourth-order valence-electron chi connectivity index (χ4n) is 2.47. The molecule has 0 unspecified atom stereocenters. The van der Waals surface area contributed by atoms with E-state index in [4.69, 9.17) is 11.6 Å². The molecule has 2 heterocycles. The summed E-state index contributed by atoms with van der Waals surface area (Å²) in [4.78, 5) is 20.4. The first-order valence-electron chi connectivity index (χ1n) is 6.94. The van der Waals surface area contributed by atoms with Crippen LogP contribution in [0.1, 0.15) is 10.4 Å². The van der Waals surface area contributed by atoms with E-state index in [-0.39, 0.29) is 22.5 Å². The van der Waals surface area contributed by atoms with Crippen molar-refractivity contribution < 1.29 is 9.18 Å². The number of nitrogens with zero attached hydrogens (tertiary/aromatic N) is 3. The molecule has 1 aromatic heterocycles. The summed E-state index contributed by atoms with van der Waals surface area (Å²) in [6, 6.07) is 9.69. The van der Waals surface area contributed by atoms with Crippen molar-refractivity contribution in [2.75, 3.05) is 25.0 Å². The zero-order valence-corrected chi connectivity index (χ0v) is 12.8. The van der Waals surface area contributed by atoms with Gasteiger partial charge in [-0.15, -0.1) is 0 Å². The molecule has 1 amide bonds. The van der Waals surface area contributed by atoms with Gasteiger partial charge in [0, 0.05) is 36.9 Å². The Kier molecular flexibility index (Phi) is 3.98. The molecule has 1 fully saturated rings.